The van der Waals surface area contributed by atoms with Crippen LogP contribution in [0.1, 0.15) is 43.1 Å². The number of hydrogen-bond acceptors (Lipinski definition) is 3. The van der Waals surface area contributed by atoms with Crippen LogP contribution in [0.5, 0.6) is 0 Å². The Kier molecular flexibility index (Phi) is 7.72. The van der Waals surface area contributed by atoms with E-state index in [9.17, 15) is 26.7 Å². The first-order valence-electron chi connectivity index (χ1n) is 9.58. The minimum Gasteiger partial charge on any atom is -0.312 e. The van der Waals surface area contributed by atoms with Crippen LogP contribution in [0.4, 0.5) is 22.0 Å². The highest BCUT2D eigenvalue weighted by Crippen LogP contribution is 2.38. The molecule has 0 amide bonds. The van der Waals surface area contributed by atoms with Crippen LogP contribution in [0.15, 0.2) is 60.3 Å². The summed E-state index contributed by atoms with van der Waals surface area (Å²) in [5, 5.41) is 3.81. The van der Waals surface area contributed by atoms with Gasteiger partial charge in [0.1, 0.15) is 5.56 Å². The molecule has 2 aromatic rings. The lowest BCUT2D eigenvalue weighted by molar-refractivity contribution is 0.0496. The molecule has 8 heteroatoms. The molecule has 0 N–H and O–H groups in total. The van der Waals surface area contributed by atoms with E-state index in [0.717, 1.165) is 5.57 Å². The molecule has 0 spiro atoms. The van der Waals surface area contributed by atoms with Gasteiger partial charge in [0, 0.05) is 5.41 Å². The lowest BCUT2D eigenvalue weighted by Crippen LogP contribution is -2.34. The van der Waals surface area contributed by atoms with Crippen LogP contribution in [0.2, 0.25) is 0 Å². The average molecular weight is 451 g/mol. The van der Waals surface area contributed by atoms with E-state index in [-0.39, 0.29) is 11.6 Å². The summed E-state index contributed by atoms with van der Waals surface area (Å²) in [5.74, 6) is -13.5. The van der Waals surface area contributed by atoms with Crippen LogP contribution in [0.3, 0.4) is 0 Å². The number of oxime groups is 1. The van der Waals surface area contributed by atoms with Gasteiger partial charge < -0.3 is 4.84 Å². The summed E-state index contributed by atoms with van der Waals surface area (Å²) >= 11 is 0. The first-order chi connectivity index (χ1) is 14.9. The standard InChI is InChI=1S/C24H22F5NO2/c1-6-10-15(13(2)3)24(4,5)22(14-11-8-7-9-12-14)30-32-23(31)16-17(25)19(27)21(29)20(28)18(16)26/h6-9,11-12,15H,1-2,10H2,3-5H3/b30-22+. The van der Waals surface area contributed by atoms with Crippen molar-refractivity contribution in [3.05, 3.63) is 95.4 Å². The van der Waals surface area contributed by atoms with Crippen LogP contribution in [0, 0.1) is 40.4 Å². The number of carbonyl (C=O) groups excluding carboxylic acids is 1. The zero-order valence-corrected chi connectivity index (χ0v) is 17.8. The van der Waals surface area contributed by atoms with Gasteiger partial charge in [-0.1, -0.05) is 67.6 Å². The van der Waals surface area contributed by atoms with Crippen molar-refractivity contribution in [2.75, 3.05) is 0 Å². The summed E-state index contributed by atoms with van der Waals surface area (Å²) in [6.07, 6.45) is 2.18. The summed E-state index contributed by atoms with van der Waals surface area (Å²) in [4.78, 5) is 17.0. The molecule has 1 unspecified atom stereocenters. The molecule has 2 aromatic carbocycles. The highest BCUT2D eigenvalue weighted by Gasteiger charge is 2.37. The van der Waals surface area contributed by atoms with Gasteiger partial charge in [-0.15, -0.1) is 6.58 Å². The number of halogens is 5. The maximum absolute atomic E-state index is 14.0. The Morgan fingerprint density at radius 1 is 1.03 bits per heavy atom. The second-order valence-electron chi connectivity index (χ2n) is 7.77. The van der Waals surface area contributed by atoms with Crippen molar-refractivity contribution in [3.63, 3.8) is 0 Å². The predicted octanol–water partition coefficient (Wildman–Crippen LogP) is 6.74. The molecule has 1 atom stereocenters. The van der Waals surface area contributed by atoms with E-state index >= 15 is 0 Å². The molecule has 0 radical (unpaired) electrons. The van der Waals surface area contributed by atoms with Gasteiger partial charge in [-0.3, -0.25) is 0 Å². The minimum atomic E-state index is -2.38. The Morgan fingerprint density at radius 3 is 2.00 bits per heavy atom. The van der Waals surface area contributed by atoms with Crippen LogP contribution >= 0.6 is 0 Å². The Bertz CT molecular complexity index is 1050. The summed E-state index contributed by atoms with van der Waals surface area (Å²) in [6, 6.07) is 8.51. The Balaban J connectivity index is 2.58. The second-order valence-corrected chi connectivity index (χ2v) is 7.77. The van der Waals surface area contributed by atoms with Gasteiger partial charge in [0.15, 0.2) is 23.3 Å². The molecular weight excluding hydrogens is 429 g/mol. The van der Waals surface area contributed by atoms with Gasteiger partial charge in [0.05, 0.1) is 5.71 Å². The molecule has 2 rings (SSSR count). The fraction of sp³-hybridized carbons (Fsp3) is 0.250. The van der Waals surface area contributed by atoms with Crippen LogP contribution in [-0.4, -0.2) is 11.7 Å². The van der Waals surface area contributed by atoms with E-state index < -0.39 is 46.0 Å². The van der Waals surface area contributed by atoms with E-state index in [1.165, 1.54) is 0 Å². The van der Waals surface area contributed by atoms with Crippen molar-refractivity contribution in [2.24, 2.45) is 16.5 Å². The highest BCUT2D eigenvalue weighted by molar-refractivity contribution is 6.05. The molecular formula is C24H22F5NO2. The number of hydrogen-bond donors (Lipinski definition) is 0. The number of benzene rings is 2. The van der Waals surface area contributed by atoms with Gasteiger partial charge in [-0.2, -0.15) is 0 Å². The predicted molar refractivity (Wildman–Crippen MR) is 112 cm³/mol. The van der Waals surface area contributed by atoms with Crippen molar-refractivity contribution >= 4 is 11.7 Å². The minimum absolute atomic E-state index is 0.213. The molecule has 170 valence electrons. The zero-order valence-electron chi connectivity index (χ0n) is 17.8. The van der Waals surface area contributed by atoms with Gasteiger partial charge in [0.2, 0.25) is 5.82 Å². The fourth-order valence-electron chi connectivity index (χ4n) is 3.50. The van der Waals surface area contributed by atoms with Gasteiger partial charge in [-0.25, -0.2) is 26.7 Å². The Labute approximate surface area is 182 Å². The van der Waals surface area contributed by atoms with Gasteiger partial charge >= 0.3 is 5.97 Å². The van der Waals surface area contributed by atoms with E-state index in [4.69, 9.17) is 4.84 Å². The fourth-order valence-corrected chi connectivity index (χ4v) is 3.50. The van der Waals surface area contributed by atoms with Crippen LogP contribution in [0.25, 0.3) is 0 Å². The van der Waals surface area contributed by atoms with Crippen LogP contribution < -0.4 is 0 Å². The Hall–Kier alpha value is -3.29. The van der Waals surface area contributed by atoms with Gasteiger partial charge in [-0.05, 0) is 24.8 Å². The molecule has 32 heavy (non-hydrogen) atoms. The maximum Gasteiger partial charge on any atom is 0.371 e. The first-order valence-corrected chi connectivity index (χ1v) is 9.58. The molecule has 0 saturated heterocycles. The van der Waals surface area contributed by atoms with E-state index in [2.05, 4.69) is 18.3 Å². The number of rotatable bonds is 8. The average Bonchev–Trinajstić information content (AvgIpc) is 2.75. The third-order valence-corrected chi connectivity index (χ3v) is 5.16. The normalized spacial score (nSPS) is 12.9. The van der Waals surface area contributed by atoms with Crippen LogP contribution in [-0.2, 0) is 4.84 Å². The van der Waals surface area contributed by atoms with Crippen molar-refractivity contribution < 1.29 is 31.6 Å². The number of nitrogens with zero attached hydrogens (tertiary/aromatic N) is 1. The summed E-state index contributed by atoms with van der Waals surface area (Å²) in [5.41, 5.74) is -1.02. The lowest BCUT2D eigenvalue weighted by atomic mass is 9.69. The van der Waals surface area contributed by atoms with Crippen molar-refractivity contribution in [1.29, 1.82) is 0 Å². The van der Waals surface area contributed by atoms with Crippen molar-refractivity contribution in [1.82, 2.24) is 0 Å². The zero-order chi connectivity index (χ0) is 24.2. The molecule has 0 aliphatic carbocycles. The SMILES string of the molecule is C=CCC(C(=C)C)C(C)(C)/C(=N/OC(=O)c1c(F)c(F)c(F)c(F)c1F)c1ccccc1. The van der Waals surface area contributed by atoms with Crippen molar-refractivity contribution in [2.45, 2.75) is 27.2 Å². The topological polar surface area (TPSA) is 38.7 Å². The second kappa shape index (κ2) is 9.89. The Morgan fingerprint density at radius 2 is 1.53 bits per heavy atom. The van der Waals surface area contributed by atoms with Gasteiger partial charge in [0.25, 0.3) is 0 Å². The third-order valence-electron chi connectivity index (χ3n) is 5.16. The summed E-state index contributed by atoms with van der Waals surface area (Å²) in [7, 11) is 0. The molecule has 0 heterocycles. The summed E-state index contributed by atoms with van der Waals surface area (Å²) < 4.78 is 68.2. The smallest absolute Gasteiger partial charge is 0.312 e. The maximum atomic E-state index is 14.0. The molecule has 0 aromatic heterocycles. The highest BCUT2D eigenvalue weighted by atomic mass is 19.2. The molecule has 0 bridgehead atoms. The molecule has 0 aliphatic rings. The van der Waals surface area contributed by atoms with E-state index in [0.29, 0.717) is 12.0 Å². The monoisotopic (exact) mass is 451 g/mol. The molecule has 3 nitrogen and oxygen atoms in total. The quantitative estimate of drug-likeness (QED) is 0.0848. The van der Waals surface area contributed by atoms with E-state index in [1.54, 1.807) is 57.2 Å². The molecule has 0 saturated carbocycles. The van der Waals surface area contributed by atoms with Crippen molar-refractivity contribution in [3.8, 4) is 0 Å². The molecule has 0 fully saturated rings. The third kappa shape index (κ3) is 4.79. The number of allylic oxidation sites excluding steroid dienone is 2. The molecule has 0 aliphatic heterocycles. The largest absolute Gasteiger partial charge is 0.371 e. The van der Waals surface area contributed by atoms with E-state index in [1.807, 2.05) is 0 Å². The lowest BCUT2D eigenvalue weighted by Gasteiger charge is -2.35. The first kappa shape index (κ1) is 25.0. The number of carbonyl (C=O) groups is 1. The summed E-state index contributed by atoms with van der Waals surface area (Å²) in [6.45, 7) is 13.1.